The van der Waals surface area contributed by atoms with Gasteiger partial charge in [0.2, 0.25) is 0 Å². The molecule has 1 atom stereocenters. The first-order valence-corrected chi connectivity index (χ1v) is 30.9. The maximum atomic E-state index is 12.9. The Kier molecular flexibility index (Phi) is 57.8. The molecule has 0 saturated carbocycles. The predicted molar refractivity (Wildman–Crippen MR) is 311 cm³/mol. The molecule has 0 aromatic carbocycles. The monoisotopic (exact) mass is 1000 g/mol. The highest BCUT2D eigenvalue weighted by molar-refractivity contribution is 5.71. The van der Waals surface area contributed by atoms with Gasteiger partial charge in [0.05, 0.1) is 0 Å². The fourth-order valence-corrected chi connectivity index (χ4v) is 8.82. The number of hydrogen-bond donors (Lipinski definition) is 0. The SMILES string of the molecule is CC/C=C\C/C=C\C/C=C\C/C=C\C/C=C\CCCCCC(=O)OC(COC(=O)CCCCCCC/C=C\CCCCCC)COC(=O)CCCCCCCCCCCCCCCCCCCCCCCC. The van der Waals surface area contributed by atoms with E-state index in [-0.39, 0.29) is 37.5 Å². The molecule has 6 heteroatoms. The van der Waals surface area contributed by atoms with Gasteiger partial charge in [0.15, 0.2) is 6.10 Å². The second-order valence-electron chi connectivity index (χ2n) is 20.6. The Balaban J connectivity index is 4.36. The fourth-order valence-electron chi connectivity index (χ4n) is 8.82. The molecular weight excluding hydrogens is 889 g/mol. The van der Waals surface area contributed by atoms with Crippen molar-refractivity contribution >= 4 is 17.9 Å². The van der Waals surface area contributed by atoms with Crippen molar-refractivity contribution in [3.63, 3.8) is 0 Å². The van der Waals surface area contributed by atoms with Crippen LogP contribution in [0.3, 0.4) is 0 Å². The average molecular weight is 1010 g/mol. The maximum absolute atomic E-state index is 12.9. The minimum atomic E-state index is -0.795. The lowest BCUT2D eigenvalue weighted by molar-refractivity contribution is -0.167. The number of carbonyl (C=O) groups excluding carboxylic acids is 3. The van der Waals surface area contributed by atoms with E-state index in [2.05, 4.69) is 93.7 Å². The van der Waals surface area contributed by atoms with E-state index in [1.165, 1.54) is 167 Å². The van der Waals surface area contributed by atoms with Crippen LogP contribution in [0.4, 0.5) is 0 Å². The first-order valence-electron chi connectivity index (χ1n) is 30.9. The topological polar surface area (TPSA) is 78.9 Å². The second kappa shape index (κ2) is 60.4. The van der Waals surface area contributed by atoms with Gasteiger partial charge in [0.25, 0.3) is 0 Å². The van der Waals surface area contributed by atoms with E-state index >= 15 is 0 Å². The third-order valence-electron chi connectivity index (χ3n) is 13.4. The number of rotatable bonds is 56. The minimum Gasteiger partial charge on any atom is -0.462 e. The average Bonchev–Trinajstić information content (AvgIpc) is 3.38. The predicted octanol–water partition coefficient (Wildman–Crippen LogP) is 20.9. The first kappa shape index (κ1) is 68.8. The molecule has 0 aliphatic heterocycles. The van der Waals surface area contributed by atoms with Crippen LogP contribution in [0.5, 0.6) is 0 Å². The standard InChI is InChI=1S/C66H116O6/c1-4-7-10-13-16-19-22-25-27-29-31-32-33-35-36-38-41-44-47-50-53-56-59-65(68)71-62-63(61-70-64(67)58-55-52-49-46-43-40-24-21-18-15-12-9-6-3)72-66(69)60-57-54-51-48-45-42-39-37-34-30-28-26-23-20-17-14-11-8-5-2/h8,11,17,20-21,24,26,28,34,37,42,45,63H,4-7,9-10,12-16,18-19,22-23,25,27,29-33,35-36,38-41,43-44,46-62H2,1-3H3/b11-8-,20-17-,24-21-,28-26-,37-34-,45-42-. The van der Waals surface area contributed by atoms with Gasteiger partial charge >= 0.3 is 17.9 Å². The van der Waals surface area contributed by atoms with Crippen molar-refractivity contribution in [3.8, 4) is 0 Å². The van der Waals surface area contributed by atoms with Gasteiger partial charge in [-0.15, -0.1) is 0 Å². The summed E-state index contributed by atoms with van der Waals surface area (Å²) < 4.78 is 16.9. The summed E-state index contributed by atoms with van der Waals surface area (Å²) in [5, 5.41) is 0. The third kappa shape index (κ3) is 57.7. The molecule has 416 valence electrons. The van der Waals surface area contributed by atoms with E-state index in [0.717, 1.165) is 103 Å². The molecule has 0 saturated heterocycles. The summed E-state index contributed by atoms with van der Waals surface area (Å²) in [5.41, 5.74) is 0. The Morgan fingerprint density at radius 2 is 0.542 bits per heavy atom. The van der Waals surface area contributed by atoms with Gasteiger partial charge in [-0.05, 0) is 89.9 Å². The summed E-state index contributed by atoms with van der Waals surface area (Å²) in [6.45, 7) is 6.51. The van der Waals surface area contributed by atoms with Crippen LogP contribution >= 0.6 is 0 Å². The first-order chi connectivity index (χ1) is 35.5. The second-order valence-corrected chi connectivity index (χ2v) is 20.6. The van der Waals surface area contributed by atoms with Crippen LogP contribution in [-0.4, -0.2) is 37.2 Å². The molecule has 0 fully saturated rings. The number of allylic oxidation sites excluding steroid dienone is 12. The van der Waals surface area contributed by atoms with E-state index in [1.54, 1.807) is 0 Å². The van der Waals surface area contributed by atoms with Crippen molar-refractivity contribution < 1.29 is 28.6 Å². The molecule has 0 bridgehead atoms. The van der Waals surface area contributed by atoms with Crippen molar-refractivity contribution in [1.29, 1.82) is 0 Å². The Bertz CT molecular complexity index is 1340. The molecule has 0 N–H and O–H groups in total. The zero-order valence-corrected chi connectivity index (χ0v) is 47.7. The highest BCUT2D eigenvalue weighted by atomic mass is 16.6. The van der Waals surface area contributed by atoms with Gasteiger partial charge < -0.3 is 14.2 Å². The Labute approximate surface area is 446 Å². The van der Waals surface area contributed by atoms with Crippen LogP contribution in [0.25, 0.3) is 0 Å². The summed E-state index contributed by atoms with van der Waals surface area (Å²) >= 11 is 0. The smallest absolute Gasteiger partial charge is 0.306 e. The van der Waals surface area contributed by atoms with Crippen LogP contribution in [-0.2, 0) is 28.6 Å². The van der Waals surface area contributed by atoms with E-state index in [9.17, 15) is 14.4 Å². The van der Waals surface area contributed by atoms with Crippen LogP contribution in [0.1, 0.15) is 310 Å². The van der Waals surface area contributed by atoms with E-state index in [1.807, 2.05) is 0 Å². The lowest BCUT2D eigenvalue weighted by atomic mass is 10.0. The lowest BCUT2D eigenvalue weighted by Crippen LogP contribution is -2.30. The molecule has 0 heterocycles. The molecule has 0 amide bonds. The number of ether oxygens (including phenoxy) is 3. The van der Waals surface area contributed by atoms with Crippen LogP contribution in [0.2, 0.25) is 0 Å². The third-order valence-corrected chi connectivity index (χ3v) is 13.4. The fraction of sp³-hybridized carbons (Fsp3) is 0.773. The van der Waals surface area contributed by atoms with Gasteiger partial charge in [0, 0.05) is 19.3 Å². The summed E-state index contributed by atoms with van der Waals surface area (Å²) in [7, 11) is 0. The molecule has 0 rings (SSSR count). The van der Waals surface area contributed by atoms with E-state index < -0.39 is 6.10 Å². The summed E-state index contributed by atoms with van der Waals surface area (Å²) in [4.78, 5) is 38.2. The number of unbranched alkanes of at least 4 members (excludes halogenated alkanes) is 33. The quantitative estimate of drug-likeness (QED) is 0.0261. The molecule has 0 aliphatic carbocycles. The van der Waals surface area contributed by atoms with Crippen molar-refractivity contribution in [2.24, 2.45) is 0 Å². The Morgan fingerprint density at radius 3 is 0.889 bits per heavy atom. The molecule has 0 spiro atoms. The van der Waals surface area contributed by atoms with Crippen molar-refractivity contribution in [3.05, 3.63) is 72.9 Å². The largest absolute Gasteiger partial charge is 0.462 e. The summed E-state index contributed by atoms with van der Waals surface area (Å²) in [6.07, 6.45) is 77.6. The Hall–Kier alpha value is -3.15. The van der Waals surface area contributed by atoms with Gasteiger partial charge in [-0.2, -0.15) is 0 Å². The molecule has 0 aromatic heterocycles. The van der Waals surface area contributed by atoms with Gasteiger partial charge in [0.1, 0.15) is 13.2 Å². The molecule has 0 radical (unpaired) electrons. The molecule has 0 aromatic rings. The summed E-state index contributed by atoms with van der Waals surface area (Å²) in [5.74, 6) is -0.917. The van der Waals surface area contributed by atoms with Gasteiger partial charge in [-0.3, -0.25) is 14.4 Å². The van der Waals surface area contributed by atoms with Crippen LogP contribution in [0.15, 0.2) is 72.9 Å². The molecule has 72 heavy (non-hydrogen) atoms. The summed E-state index contributed by atoms with van der Waals surface area (Å²) in [6, 6.07) is 0. The van der Waals surface area contributed by atoms with Crippen molar-refractivity contribution in [2.45, 2.75) is 316 Å². The zero-order valence-electron chi connectivity index (χ0n) is 47.7. The molecule has 1 unspecified atom stereocenters. The molecular formula is C66H116O6. The number of hydrogen-bond acceptors (Lipinski definition) is 6. The van der Waals surface area contributed by atoms with Crippen molar-refractivity contribution in [1.82, 2.24) is 0 Å². The van der Waals surface area contributed by atoms with Gasteiger partial charge in [-0.1, -0.05) is 273 Å². The van der Waals surface area contributed by atoms with E-state index in [0.29, 0.717) is 12.8 Å². The molecule has 6 nitrogen and oxygen atoms in total. The van der Waals surface area contributed by atoms with Crippen LogP contribution < -0.4 is 0 Å². The highest BCUT2D eigenvalue weighted by Gasteiger charge is 2.19. The number of carbonyl (C=O) groups is 3. The number of esters is 3. The highest BCUT2D eigenvalue weighted by Crippen LogP contribution is 2.17. The normalized spacial score (nSPS) is 12.5. The minimum absolute atomic E-state index is 0.0889. The zero-order chi connectivity index (χ0) is 52.2. The van der Waals surface area contributed by atoms with E-state index in [4.69, 9.17) is 14.2 Å². The maximum Gasteiger partial charge on any atom is 0.306 e. The molecule has 0 aliphatic rings. The van der Waals surface area contributed by atoms with Crippen LogP contribution in [0, 0.1) is 0 Å². The lowest BCUT2D eigenvalue weighted by Gasteiger charge is -2.18. The van der Waals surface area contributed by atoms with Crippen molar-refractivity contribution in [2.75, 3.05) is 13.2 Å². The van der Waals surface area contributed by atoms with Gasteiger partial charge in [-0.25, -0.2) is 0 Å². The Morgan fingerprint density at radius 1 is 0.292 bits per heavy atom.